The van der Waals surface area contributed by atoms with Crippen LogP contribution in [-0.4, -0.2) is 69.2 Å². The summed E-state index contributed by atoms with van der Waals surface area (Å²) >= 11 is 0. The molecule has 0 unspecified atom stereocenters. The van der Waals surface area contributed by atoms with Gasteiger partial charge in [0.25, 0.3) is 0 Å². The molecule has 6 heteroatoms. The molecule has 0 aliphatic heterocycles. The molecule has 0 atom stereocenters. The Hall–Kier alpha value is 3.17. The van der Waals surface area contributed by atoms with Gasteiger partial charge >= 0.3 is 69.2 Å². The molecule has 0 heterocycles. The van der Waals surface area contributed by atoms with Gasteiger partial charge in [-0.15, -0.1) is 0 Å². The van der Waals surface area contributed by atoms with Crippen molar-refractivity contribution in [1.29, 1.82) is 0 Å². The summed E-state index contributed by atoms with van der Waals surface area (Å²) in [4.78, 5) is 0. The zero-order valence-corrected chi connectivity index (χ0v) is 9.77. The first kappa shape index (κ1) is 60.9. The maximum atomic E-state index is 0. The minimum atomic E-state index is 0. The predicted octanol–water partition coefficient (Wildman–Crippen LogP) is -10.1. The molecule has 0 aromatic rings. The molecule has 0 bridgehead atoms. The Balaban J connectivity index is 0. The molecule has 24 valence electrons. The number of rotatable bonds is 0. The maximum Gasteiger partial charge on any atom is 2.00 e. The van der Waals surface area contributed by atoms with Crippen LogP contribution in [0.2, 0.25) is 0 Å². The summed E-state index contributed by atoms with van der Waals surface area (Å²) in [5.74, 6) is 0. The van der Waals surface area contributed by atoms with Crippen molar-refractivity contribution in [3.63, 3.8) is 0 Å². The fourth-order valence-corrected chi connectivity index (χ4v) is 0. The van der Waals surface area contributed by atoms with Gasteiger partial charge in [-0.25, -0.2) is 0 Å². The Kier molecular flexibility index (Phi) is 425. The van der Waals surface area contributed by atoms with Crippen molar-refractivity contribution in [1.82, 2.24) is 0 Å². The standard InChI is InChI=1S/3ClH.3Mg/h3*1H;;;/q;;;3*+2/p-3. The van der Waals surface area contributed by atoms with E-state index in [2.05, 4.69) is 0 Å². The normalized spacial score (nSPS) is 0. The fraction of sp³-hybridized carbons (Fsp3) is 0. The van der Waals surface area contributed by atoms with Crippen LogP contribution in [0.5, 0.6) is 0 Å². The van der Waals surface area contributed by atoms with Gasteiger partial charge in [0.05, 0.1) is 0 Å². The van der Waals surface area contributed by atoms with E-state index < -0.39 is 0 Å². The summed E-state index contributed by atoms with van der Waals surface area (Å²) in [7, 11) is 0. The van der Waals surface area contributed by atoms with E-state index in [9.17, 15) is 0 Å². The van der Waals surface area contributed by atoms with Crippen molar-refractivity contribution in [3.05, 3.63) is 0 Å². The molecule has 6 heavy (non-hydrogen) atoms. The topological polar surface area (TPSA) is 0 Å². The molecule has 0 radical (unpaired) electrons. The van der Waals surface area contributed by atoms with E-state index in [1.807, 2.05) is 0 Å². The maximum absolute atomic E-state index is 0. The average molecular weight is 179 g/mol. The first-order valence-corrected chi connectivity index (χ1v) is 0. The van der Waals surface area contributed by atoms with Crippen LogP contribution < -0.4 is 37.2 Å². The molecule has 0 aliphatic rings. The Bertz CT molecular complexity index is 6.00. The Morgan fingerprint density at radius 3 is 0.333 bits per heavy atom. The van der Waals surface area contributed by atoms with Crippen molar-refractivity contribution < 1.29 is 37.2 Å². The summed E-state index contributed by atoms with van der Waals surface area (Å²) in [6, 6.07) is 0. The van der Waals surface area contributed by atoms with Gasteiger partial charge in [0.2, 0.25) is 0 Å². The first-order valence-electron chi connectivity index (χ1n) is 0. The van der Waals surface area contributed by atoms with E-state index >= 15 is 0 Å². The minimum absolute atomic E-state index is 0. The first-order chi connectivity index (χ1) is 0. The van der Waals surface area contributed by atoms with Gasteiger partial charge in [0.1, 0.15) is 0 Å². The monoisotopic (exact) mass is 177 g/mol. The quantitative estimate of drug-likeness (QED) is 0.324. The third kappa shape index (κ3) is 27.2. The van der Waals surface area contributed by atoms with Gasteiger partial charge < -0.3 is 37.2 Å². The third-order valence-electron chi connectivity index (χ3n) is 0. The molecular formula is Cl3Mg3+3. The molecule has 0 saturated heterocycles. The van der Waals surface area contributed by atoms with Gasteiger partial charge in [-0.3, -0.25) is 0 Å². The minimum Gasteiger partial charge on any atom is -1.00 e. The van der Waals surface area contributed by atoms with Crippen LogP contribution in [0, 0.1) is 0 Å². The molecule has 0 aromatic carbocycles. The Morgan fingerprint density at radius 2 is 0.333 bits per heavy atom. The van der Waals surface area contributed by atoms with Crippen molar-refractivity contribution in [2.45, 2.75) is 0 Å². The van der Waals surface area contributed by atoms with Crippen LogP contribution >= 0.6 is 0 Å². The van der Waals surface area contributed by atoms with E-state index in [0.29, 0.717) is 0 Å². The number of halogens is 3. The predicted molar refractivity (Wildman–Crippen MR) is 17.3 cm³/mol. The largest absolute Gasteiger partial charge is 2.00 e. The summed E-state index contributed by atoms with van der Waals surface area (Å²) in [6.07, 6.45) is 0. The smallest absolute Gasteiger partial charge is 1.00 e. The molecule has 0 aliphatic carbocycles. The fourth-order valence-electron chi connectivity index (χ4n) is 0. The van der Waals surface area contributed by atoms with Crippen molar-refractivity contribution in [2.75, 3.05) is 0 Å². The molecule has 0 N–H and O–H groups in total. The van der Waals surface area contributed by atoms with Gasteiger partial charge in [0.15, 0.2) is 0 Å². The summed E-state index contributed by atoms with van der Waals surface area (Å²) < 4.78 is 0. The molecule has 0 aromatic heterocycles. The summed E-state index contributed by atoms with van der Waals surface area (Å²) in [6.45, 7) is 0. The summed E-state index contributed by atoms with van der Waals surface area (Å²) in [5, 5.41) is 0. The van der Waals surface area contributed by atoms with Crippen molar-refractivity contribution in [3.8, 4) is 0 Å². The van der Waals surface area contributed by atoms with E-state index in [1.54, 1.807) is 0 Å². The van der Waals surface area contributed by atoms with Crippen LogP contribution in [0.25, 0.3) is 0 Å². The van der Waals surface area contributed by atoms with Crippen molar-refractivity contribution in [2.24, 2.45) is 0 Å². The van der Waals surface area contributed by atoms with E-state index in [-0.39, 0.29) is 106 Å². The molecule has 0 nitrogen and oxygen atoms in total. The Morgan fingerprint density at radius 1 is 0.333 bits per heavy atom. The summed E-state index contributed by atoms with van der Waals surface area (Å²) in [5.41, 5.74) is 0. The zero-order valence-electron chi connectivity index (χ0n) is 3.26. The van der Waals surface area contributed by atoms with E-state index in [4.69, 9.17) is 0 Å². The molecule has 0 rings (SSSR count). The van der Waals surface area contributed by atoms with Gasteiger partial charge in [-0.1, -0.05) is 0 Å². The second-order valence-electron chi connectivity index (χ2n) is 0. The second-order valence-corrected chi connectivity index (χ2v) is 0. The van der Waals surface area contributed by atoms with Crippen LogP contribution in [-0.2, 0) is 0 Å². The molecule has 0 amide bonds. The van der Waals surface area contributed by atoms with Gasteiger partial charge in [-0.2, -0.15) is 0 Å². The second kappa shape index (κ2) is 41.8. The van der Waals surface area contributed by atoms with E-state index in [0.717, 1.165) is 0 Å². The number of hydrogen-bond acceptors (Lipinski definition) is 0. The van der Waals surface area contributed by atoms with Crippen LogP contribution in [0.4, 0.5) is 0 Å². The van der Waals surface area contributed by atoms with Crippen molar-refractivity contribution >= 4 is 69.2 Å². The molecule has 0 fully saturated rings. The third-order valence-corrected chi connectivity index (χ3v) is 0. The molecule has 0 saturated carbocycles. The van der Waals surface area contributed by atoms with Crippen LogP contribution in [0.15, 0.2) is 0 Å². The Labute approximate surface area is 105 Å². The average Bonchev–Trinajstić information content (AvgIpc) is 0. The number of hydrogen-bond donors (Lipinski definition) is 0. The van der Waals surface area contributed by atoms with E-state index in [1.165, 1.54) is 0 Å². The SMILES string of the molecule is [Cl-].[Cl-].[Cl-].[Mg+2].[Mg+2].[Mg+2]. The van der Waals surface area contributed by atoms with Crippen LogP contribution in [0.3, 0.4) is 0 Å². The van der Waals surface area contributed by atoms with Gasteiger partial charge in [-0.05, 0) is 0 Å². The molecule has 0 spiro atoms. The van der Waals surface area contributed by atoms with Gasteiger partial charge in [0, 0.05) is 0 Å². The van der Waals surface area contributed by atoms with Crippen LogP contribution in [0.1, 0.15) is 0 Å². The zero-order chi connectivity index (χ0) is 0. The molecular weight excluding hydrogens is 179 g/mol.